The highest BCUT2D eigenvalue weighted by atomic mass is 19.1. The number of benzene rings is 1. The first-order chi connectivity index (χ1) is 6.13. The summed E-state index contributed by atoms with van der Waals surface area (Å²) in [7, 11) is 0. The summed E-state index contributed by atoms with van der Waals surface area (Å²) in [5.41, 5.74) is 6.92. The zero-order valence-electron chi connectivity index (χ0n) is 7.97. The molecule has 0 saturated carbocycles. The Bertz CT molecular complexity index is 286. The van der Waals surface area contributed by atoms with Crippen molar-refractivity contribution < 1.29 is 4.39 Å². The van der Waals surface area contributed by atoms with Crippen LogP contribution in [0.15, 0.2) is 18.2 Å². The van der Waals surface area contributed by atoms with Gasteiger partial charge in [-0.05, 0) is 31.5 Å². The van der Waals surface area contributed by atoms with Gasteiger partial charge in [0.25, 0.3) is 0 Å². The van der Waals surface area contributed by atoms with Crippen molar-refractivity contribution in [1.29, 1.82) is 0 Å². The lowest BCUT2D eigenvalue weighted by Gasteiger charge is -2.14. The third-order valence-electron chi connectivity index (χ3n) is 2.03. The van der Waals surface area contributed by atoms with Crippen molar-refractivity contribution in [2.75, 3.05) is 11.1 Å². The molecule has 0 amide bonds. The molecule has 0 aliphatic heterocycles. The lowest BCUT2D eigenvalue weighted by Crippen LogP contribution is -2.14. The van der Waals surface area contributed by atoms with Crippen LogP contribution in [-0.4, -0.2) is 6.04 Å². The molecule has 3 N–H and O–H groups in total. The number of rotatable bonds is 3. The van der Waals surface area contributed by atoms with Crippen LogP contribution in [0.25, 0.3) is 0 Å². The SMILES string of the molecule is CCC(C)Nc1cc(F)ccc1N. The maximum Gasteiger partial charge on any atom is 0.125 e. The molecule has 0 fully saturated rings. The molecule has 3 heteroatoms. The van der Waals surface area contributed by atoms with Gasteiger partial charge in [-0.2, -0.15) is 0 Å². The first-order valence-electron chi connectivity index (χ1n) is 4.45. The maximum absolute atomic E-state index is 12.8. The van der Waals surface area contributed by atoms with Crippen molar-refractivity contribution in [2.45, 2.75) is 26.3 Å². The Labute approximate surface area is 77.9 Å². The van der Waals surface area contributed by atoms with Crippen molar-refractivity contribution in [3.8, 4) is 0 Å². The highest BCUT2D eigenvalue weighted by molar-refractivity contribution is 5.66. The zero-order chi connectivity index (χ0) is 9.84. The first kappa shape index (κ1) is 9.84. The van der Waals surface area contributed by atoms with Crippen molar-refractivity contribution in [3.63, 3.8) is 0 Å². The Morgan fingerprint density at radius 1 is 1.54 bits per heavy atom. The van der Waals surface area contributed by atoms with Gasteiger partial charge in [-0.25, -0.2) is 4.39 Å². The Morgan fingerprint density at radius 3 is 2.85 bits per heavy atom. The van der Waals surface area contributed by atoms with E-state index >= 15 is 0 Å². The lowest BCUT2D eigenvalue weighted by molar-refractivity contribution is 0.628. The molecule has 0 heterocycles. The van der Waals surface area contributed by atoms with E-state index in [-0.39, 0.29) is 5.82 Å². The van der Waals surface area contributed by atoms with E-state index in [1.807, 2.05) is 6.92 Å². The summed E-state index contributed by atoms with van der Waals surface area (Å²) in [5.74, 6) is -0.264. The number of anilines is 2. The summed E-state index contributed by atoms with van der Waals surface area (Å²) in [5, 5.41) is 3.14. The minimum atomic E-state index is -0.264. The normalized spacial score (nSPS) is 12.5. The Hall–Kier alpha value is -1.25. The number of hydrogen-bond acceptors (Lipinski definition) is 2. The fraction of sp³-hybridized carbons (Fsp3) is 0.400. The van der Waals surface area contributed by atoms with Crippen LogP contribution in [0, 0.1) is 5.82 Å². The van der Waals surface area contributed by atoms with Gasteiger partial charge in [0.05, 0.1) is 11.4 Å². The van der Waals surface area contributed by atoms with E-state index in [4.69, 9.17) is 5.73 Å². The van der Waals surface area contributed by atoms with E-state index in [1.54, 1.807) is 6.07 Å². The van der Waals surface area contributed by atoms with Gasteiger partial charge < -0.3 is 11.1 Å². The molecule has 0 aromatic heterocycles. The summed E-state index contributed by atoms with van der Waals surface area (Å²) in [6.45, 7) is 4.09. The van der Waals surface area contributed by atoms with Gasteiger partial charge in [0.1, 0.15) is 5.82 Å². The highest BCUT2D eigenvalue weighted by Gasteiger charge is 2.03. The van der Waals surface area contributed by atoms with Crippen molar-refractivity contribution in [2.24, 2.45) is 0 Å². The second-order valence-corrected chi connectivity index (χ2v) is 3.19. The van der Waals surface area contributed by atoms with E-state index in [2.05, 4.69) is 12.2 Å². The fourth-order valence-corrected chi connectivity index (χ4v) is 1.02. The molecule has 0 saturated heterocycles. The molecule has 0 spiro atoms. The minimum Gasteiger partial charge on any atom is -0.397 e. The summed E-state index contributed by atoms with van der Waals surface area (Å²) < 4.78 is 12.8. The average Bonchev–Trinajstić information content (AvgIpc) is 2.11. The Balaban J connectivity index is 2.81. The molecule has 1 atom stereocenters. The third-order valence-corrected chi connectivity index (χ3v) is 2.03. The molecule has 72 valence electrons. The molecule has 0 aliphatic rings. The molecular formula is C10H15FN2. The van der Waals surface area contributed by atoms with E-state index in [1.165, 1.54) is 12.1 Å². The van der Waals surface area contributed by atoms with Crippen LogP contribution in [0.4, 0.5) is 15.8 Å². The molecule has 1 rings (SSSR count). The molecule has 13 heavy (non-hydrogen) atoms. The van der Waals surface area contributed by atoms with Crippen molar-refractivity contribution in [1.82, 2.24) is 0 Å². The highest BCUT2D eigenvalue weighted by Crippen LogP contribution is 2.20. The quantitative estimate of drug-likeness (QED) is 0.705. The molecule has 0 bridgehead atoms. The zero-order valence-corrected chi connectivity index (χ0v) is 7.97. The van der Waals surface area contributed by atoms with Crippen molar-refractivity contribution in [3.05, 3.63) is 24.0 Å². The third kappa shape index (κ3) is 2.61. The van der Waals surface area contributed by atoms with E-state index in [9.17, 15) is 4.39 Å². The van der Waals surface area contributed by atoms with Crippen LogP contribution in [0.5, 0.6) is 0 Å². The van der Waals surface area contributed by atoms with Gasteiger partial charge in [-0.3, -0.25) is 0 Å². The average molecular weight is 182 g/mol. The van der Waals surface area contributed by atoms with Gasteiger partial charge in [-0.15, -0.1) is 0 Å². The molecule has 1 unspecified atom stereocenters. The van der Waals surface area contributed by atoms with Gasteiger partial charge in [0.15, 0.2) is 0 Å². The Kier molecular flexibility index (Phi) is 3.12. The molecule has 2 nitrogen and oxygen atoms in total. The van der Waals surface area contributed by atoms with Crippen LogP contribution < -0.4 is 11.1 Å². The molecule has 1 aromatic carbocycles. The maximum atomic E-state index is 12.8. The topological polar surface area (TPSA) is 38.0 Å². The number of nitrogens with two attached hydrogens (primary N) is 1. The Morgan fingerprint density at radius 2 is 2.23 bits per heavy atom. The fourth-order valence-electron chi connectivity index (χ4n) is 1.02. The van der Waals surface area contributed by atoms with Gasteiger partial charge in [0, 0.05) is 6.04 Å². The van der Waals surface area contributed by atoms with E-state index in [0.29, 0.717) is 17.4 Å². The van der Waals surface area contributed by atoms with Gasteiger partial charge in [0.2, 0.25) is 0 Å². The standard InChI is InChI=1S/C10H15FN2/c1-3-7(2)13-10-6-8(11)4-5-9(10)12/h4-7,13H,3,12H2,1-2H3. The minimum absolute atomic E-state index is 0.264. The number of hydrogen-bond donors (Lipinski definition) is 2. The lowest BCUT2D eigenvalue weighted by atomic mass is 10.2. The van der Waals surface area contributed by atoms with Crippen LogP contribution in [0.3, 0.4) is 0 Å². The monoisotopic (exact) mass is 182 g/mol. The van der Waals surface area contributed by atoms with Crippen LogP contribution in [-0.2, 0) is 0 Å². The van der Waals surface area contributed by atoms with Crippen molar-refractivity contribution >= 4 is 11.4 Å². The van der Waals surface area contributed by atoms with E-state index in [0.717, 1.165) is 6.42 Å². The predicted octanol–water partition coefficient (Wildman–Crippen LogP) is 2.62. The molecule has 0 aliphatic carbocycles. The second kappa shape index (κ2) is 4.12. The van der Waals surface area contributed by atoms with Crippen LogP contribution in [0.2, 0.25) is 0 Å². The predicted molar refractivity (Wildman–Crippen MR) is 54.2 cm³/mol. The summed E-state index contributed by atoms with van der Waals surface area (Å²) in [6, 6.07) is 4.66. The largest absolute Gasteiger partial charge is 0.397 e. The van der Waals surface area contributed by atoms with Gasteiger partial charge in [-0.1, -0.05) is 6.92 Å². The summed E-state index contributed by atoms with van der Waals surface area (Å²) in [6.07, 6.45) is 0.982. The smallest absolute Gasteiger partial charge is 0.125 e. The summed E-state index contributed by atoms with van der Waals surface area (Å²) >= 11 is 0. The van der Waals surface area contributed by atoms with Crippen LogP contribution >= 0.6 is 0 Å². The molecule has 0 radical (unpaired) electrons. The number of nitrogens with one attached hydrogen (secondary N) is 1. The van der Waals surface area contributed by atoms with Crippen LogP contribution in [0.1, 0.15) is 20.3 Å². The summed E-state index contributed by atoms with van der Waals surface area (Å²) in [4.78, 5) is 0. The molecule has 1 aromatic rings. The van der Waals surface area contributed by atoms with E-state index < -0.39 is 0 Å². The molecular weight excluding hydrogens is 167 g/mol. The second-order valence-electron chi connectivity index (χ2n) is 3.19. The first-order valence-corrected chi connectivity index (χ1v) is 4.45. The number of halogens is 1. The van der Waals surface area contributed by atoms with Gasteiger partial charge >= 0.3 is 0 Å². The number of nitrogen functional groups attached to an aromatic ring is 1.